The van der Waals surface area contributed by atoms with Crippen LogP contribution >= 0.6 is 27.3 Å². The highest BCUT2D eigenvalue weighted by atomic mass is 79.9. The molecule has 0 radical (unpaired) electrons. The van der Waals surface area contributed by atoms with Gasteiger partial charge in [-0.15, -0.1) is 0 Å². The van der Waals surface area contributed by atoms with Crippen molar-refractivity contribution in [2.24, 2.45) is 0 Å². The van der Waals surface area contributed by atoms with Gasteiger partial charge in [0, 0.05) is 4.47 Å². The van der Waals surface area contributed by atoms with E-state index in [2.05, 4.69) is 15.9 Å². The molecule has 21 heavy (non-hydrogen) atoms. The maximum absolute atomic E-state index is 12.0. The first-order chi connectivity index (χ1) is 10.1. The van der Waals surface area contributed by atoms with Crippen molar-refractivity contribution in [3.8, 4) is 5.75 Å². The molecule has 3 rings (SSSR count). The molecule has 1 aromatic heterocycles. The first kappa shape index (κ1) is 14.0. The number of ether oxygens (including phenoxy) is 1. The number of hydrogen-bond acceptors (Lipinski definition) is 4. The third-order valence-electron chi connectivity index (χ3n) is 2.89. The van der Waals surface area contributed by atoms with Crippen molar-refractivity contribution in [1.29, 1.82) is 0 Å². The standard InChI is InChI=1S/C15H10BrNO3S/c16-10-6-7-12-13(8-10)21-15(19)17(12)9-14(18)20-11-4-2-1-3-5-11/h1-8H,9H2. The quantitative estimate of drug-likeness (QED) is 0.529. The van der Waals surface area contributed by atoms with E-state index >= 15 is 0 Å². The van der Waals surface area contributed by atoms with E-state index in [4.69, 9.17) is 4.74 Å². The predicted octanol–water partition coefficient (Wildman–Crippen LogP) is 3.43. The Bertz CT molecular complexity index is 854. The van der Waals surface area contributed by atoms with Crippen LogP contribution in [0.5, 0.6) is 5.75 Å². The zero-order chi connectivity index (χ0) is 14.8. The van der Waals surface area contributed by atoms with Crippen molar-refractivity contribution < 1.29 is 9.53 Å². The number of para-hydroxylation sites is 1. The van der Waals surface area contributed by atoms with Crippen molar-refractivity contribution in [2.45, 2.75) is 6.54 Å². The van der Waals surface area contributed by atoms with Crippen LogP contribution < -0.4 is 9.61 Å². The molecule has 0 aliphatic rings. The average Bonchev–Trinajstić information content (AvgIpc) is 2.75. The van der Waals surface area contributed by atoms with Gasteiger partial charge in [-0.25, -0.2) is 4.79 Å². The average molecular weight is 364 g/mol. The topological polar surface area (TPSA) is 48.3 Å². The molecular weight excluding hydrogens is 354 g/mol. The summed E-state index contributed by atoms with van der Waals surface area (Å²) in [7, 11) is 0. The Hall–Kier alpha value is -1.92. The van der Waals surface area contributed by atoms with Gasteiger partial charge < -0.3 is 4.74 Å². The van der Waals surface area contributed by atoms with Crippen LogP contribution in [0.2, 0.25) is 0 Å². The van der Waals surface area contributed by atoms with Crippen molar-refractivity contribution in [1.82, 2.24) is 4.57 Å². The summed E-state index contributed by atoms with van der Waals surface area (Å²) in [6.45, 7) is -0.102. The van der Waals surface area contributed by atoms with Crippen LogP contribution in [0.4, 0.5) is 0 Å². The molecule has 1 heterocycles. The minimum Gasteiger partial charge on any atom is -0.425 e. The second-order valence-corrected chi connectivity index (χ2v) is 6.26. The number of thiazole rings is 1. The Morgan fingerprint density at radius 1 is 1.19 bits per heavy atom. The molecule has 0 saturated carbocycles. The number of halogens is 1. The van der Waals surface area contributed by atoms with Crippen LogP contribution in [0.1, 0.15) is 0 Å². The fourth-order valence-corrected chi connectivity index (χ4v) is 3.41. The normalized spacial score (nSPS) is 10.7. The van der Waals surface area contributed by atoms with E-state index in [9.17, 15) is 9.59 Å². The predicted molar refractivity (Wildman–Crippen MR) is 85.9 cm³/mol. The zero-order valence-corrected chi connectivity index (χ0v) is 13.2. The molecule has 0 atom stereocenters. The number of carbonyl (C=O) groups is 1. The summed E-state index contributed by atoms with van der Waals surface area (Å²) in [6.07, 6.45) is 0. The van der Waals surface area contributed by atoms with Crippen molar-refractivity contribution in [3.63, 3.8) is 0 Å². The minimum absolute atomic E-state index is 0.102. The van der Waals surface area contributed by atoms with E-state index in [0.29, 0.717) is 5.75 Å². The van der Waals surface area contributed by atoms with Gasteiger partial charge >= 0.3 is 10.8 Å². The largest absolute Gasteiger partial charge is 0.425 e. The number of fused-ring (bicyclic) bond motifs is 1. The van der Waals surface area contributed by atoms with Crippen LogP contribution in [-0.4, -0.2) is 10.5 Å². The smallest absolute Gasteiger partial charge is 0.331 e. The Morgan fingerprint density at radius 2 is 1.95 bits per heavy atom. The summed E-state index contributed by atoms with van der Waals surface area (Å²) >= 11 is 4.48. The fraction of sp³-hybridized carbons (Fsp3) is 0.0667. The molecule has 0 saturated heterocycles. The molecular formula is C15H10BrNO3S. The van der Waals surface area contributed by atoms with Crippen molar-refractivity contribution in [3.05, 3.63) is 62.7 Å². The Balaban J connectivity index is 1.86. The number of benzene rings is 2. The SMILES string of the molecule is O=C(Cn1c(=O)sc2cc(Br)ccc21)Oc1ccccc1. The third kappa shape index (κ3) is 3.06. The lowest BCUT2D eigenvalue weighted by Gasteiger charge is -2.05. The lowest BCUT2D eigenvalue weighted by atomic mass is 10.3. The molecule has 106 valence electrons. The second-order valence-electron chi connectivity index (χ2n) is 4.35. The Kier molecular flexibility index (Phi) is 3.90. The van der Waals surface area contributed by atoms with E-state index in [0.717, 1.165) is 26.0 Å². The second kappa shape index (κ2) is 5.83. The Labute approximate surface area is 132 Å². The first-order valence-electron chi connectivity index (χ1n) is 6.18. The maximum atomic E-state index is 12.0. The van der Waals surface area contributed by atoms with Crippen LogP contribution in [0.15, 0.2) is 57.8 Å². The van der Waals surface area contributed by atoms with Crippen LogP contribution in [0, 0.1) is 0 Å². The fourth-order valence-electron chi connectivity index (χ4n) is 1.97. The summed E-state index contributed by atoms with van der Waals surface area (Å²) in [5, 5.41) is 0. The molecule has 0 aliphatic heterocycles. The molecule has 0 aliphatic carbocycles. The lowest BCUT2D eigenvalue weighted by Crippen LogP contribution is -2.22. The highest BCUT2D eigenvalue weighted by Crippen LogP contribution is 2.22. The molecule has 0 amide bonds. The molecule has 0 unspecified atom stereocenters. The summed E-state index contributed by atoms with van der Waals surface area (Å²) in [6, 6.07) is 14.3. The molecule has 3 aromatic rings. The summed E-state index contributed by atoms with van der Waals surface area (Å²) < 4.78 is 8.37. The van der Waals surface area contributed by atoms with E-state index in [1.807, 2.05) is 24.3 Å². The minimum atomic E-state index is -0.467. The van der Waals surface area contributed by atoms with E-state index in [1.54, 1.807) is 24.3 Å². The van der Waals surface area contributed by atoms with Crippen LogP contribution in [0.25, 0.3) is 10.2 Å². The van der Waals surface area contributed by atoms with Gasteiger partial charge in [-0.1, -0.05) is 45.5 Å². The van der Waals surface area contributed by atoms with E-state index in [-0.39, 0.29) is 11.4 Å². The highest BCUT2D eigenvalue weighted by molar-refractivity contribution is 9.10. The van der Waals surface area contributed by atoms with Crippen LogP contribution in [-0.2, 0) is 11.3 Å². The Morgan fingerprint density at radius 3 is 2.71 bits per heavy atom. The summed E-state index contributed by atoms with van der Waals surface area (Å²) in [5.41, 5.74) is 0.734. The highest BCUT2D eigenvalue weighted by Gasteiger charge is 2.13. The number of hydrogen-bond donors (Lipinski definition) is 0. The van der Waals surface area contributed by atoms with E-state index in [1.165, 1.54) is 4.57 Å². The molecule has 6 heteroatoms. The van der Waals surface area contributed by atoms with Gasteiger partial charge in [-0.3, -0.25) is 9.36 Å². The summed E-state index contributed by atoms with van der Waals surface area (Å²) in [5.74, 6) is 0.00347. The zero-order valence-electron chi connectivity index (χ0n) is 10.8. The van der Waals surface area contributed by atoms with Gasteiger partial charge in [-0.05, 0) is 30.3 Å². The number of esters is 1. The first-order valence-corrected chi connectivity index (χ1v) is 7.79. The number of carbonyl (C=O) groups excluding carboxylic acids is 1. The molecule has 0 spiro atoms. The van der Waals surface area contributed by atoms with Gasteiger partial charge in [-0.2, -0.15) is 0 Å². The van der Waals surface area contributed by atoms with Gasteiger partial charge in [0.05, 0.1) is 10.2 Å². The molecule has 0 N–H and O–H groups in total. The van der Waals surface area contributed by atoms with Gasteiger partial charge in [0.25, 0.3) is 0 Å². The monoisotopic (exact) mass is 363 g/mol. The molecule has 0 bridgehead atoms. The van der Waals surface area contributed by atoms with Crippen LogP contribution in [0.3, 0.4) is 0 Å². The molecule has 2 aromatic carbocycles. The molecule has 4 nitrogen and oxygen atoms in total. The van der Waals surface area contributed by atoms with Gasteiger partial charge in [0.2, 0.25) is 0 Å². The molecule has 0 fully saturated rings. The maximum Gasteiger partial charge on any atom is 0.331 e. The van der Waals surface area contributed by atoms with E-state index < -0.39 is 5.97 Å². The van der Waals surface area contributed by atoms with Crippen molar-refractivity contribution in [2.75, 3.05) is 0 Å². The van der Waals surface area contributed by atoms with Gasteiger partial charge in [0.1, 0.15) is 12.3 Å². The third-order valence-corrected chi connectivity index (χ3v) is 4.33. The lowest BCUT2D eigenvalue weighted by molar-refractivity contribution is -0.135. The number of aromatic nitrogens is 1. The van der Waals surface area contributed by atoms with Crippen molar-refractivity contribution >= 4 is 43.5 Å². The summed E-state index contributed by atoms with van der Waals surface area (Å²) in [4.78, 5) is 23.8. The number of nitrogens with zero attached hydrogens (tertiary/aromatic N) is 1. The van der Waals surface area contributed by atoms with Gasteiger partial charge in [0.15, 0.2) is 0 Å². The number of rotatable bonds is 3.